The molecular formula is C13H23N3O2S. The topological polar surface area (TPSA) is 57.6 Å². The van der Waals surface area contributed by atoms with Crippen LogP contribution < -0.4 is 15.0 Å². The SMILES string of the molecule is COc1nc(N(C)C)sc1CNC1CCC(O)CC1. The Bertz CT molecular complexity index is 401. The maximum Gasteiger partial charge on any atom is 0.230 e. The minimum atomic E-state index is -0.101. The first-order valence-corrected chi connectivity index (χ1v) is 7.54. The molecule has 1 heterocycles. The van der Waals surface area contributed by atoms with E-state index in [-0.39, 0.29) is 6.10 Å². The van der Waals surface area contributed by atoms with Gasteiger partial charge in [0, 0.05) is 26.7 Å². The van der Waals surface area contributed by atoms with E-state index in [1.54, 1.807) is 18.4 Å². The second-order valence-electron chi connectivity index (χ2n) is 5.21. The predicted octanol–water partition coefficient (Wildman–Crippen LogP) is 1.61. The number of aliphatic hydroxyl groups is 1. The van der Waals surface area contributed by atoms with Crippen LogP contribution in [0.25, 0.3) is 0 Å². The lowest BCUT2D eigenvalue weighted by Gasteiger charge is -2.26. The van der Waals surface area contributed by atoms with Gasteiger partial charge in [-0.15, -0.1) is 0 Å². The fourth-order valence-corrected chi connectivity index (χ4v) is 3.21. The fraction of sp³-hybridized carbons (Fsp3) is 0.769. The summed E-state index contributed by atoms with van der Waals surface area (Å²) < 4.78 is 5.33. The summed E-state index contributed by atoms with van der Waals surface area (Å²) in [5, 5.41) is 14.0. The molecule has 0 radical (unpaired) electrons. The molecule has 1 fully saturated rings. The third-order valence-corrected chi connectivity index (χ3v) is 4.68. The van der Waals surface area contributed by atoms with Gasteiger partial charge in [-0.1, -0.05) is 11.3 Å². The van der Waals surface area contributed by atoms with Crippen LogP contribution in [0.5, 0.6) is 5.88 Å². The first-order valence-electron chi connectivity index (χ1n) is 6.72. The minimum absolute atomic E-state index is 0.101. The summed E-state index contributed by atoms with van der Waals surface area (Å²) in [4.78, 5) is 7.58. The minimum Gasteiger partial charge on any atom is -0.480 e. The van der Waals surface area contributed by atoms with E-state index in [1.165, 1.54) is 0 Å². The number of nitrogens with one attached hydrogen (secondary N) is 1. The van der Waals surface area contributed by atoms with Gasteiger partial charge < -0.3 is 20.1 Å². The van der Waals surface area contributed by atoms with E-state index in [0.717, 1.165) is 48.1 Å². The number of ether oxygens (including phenoxy) is 1. The Morgan fingerprint density at radius 1 is 1.37 bits per heavy atom. The Kier molecular flexibility index (Phi) is 5.01. The van der Waals surface area contributed by atoms with Crippen LogP contribution >= 0.6 is 11.3 Å². The van der Waals surface area contributed by atoms with Gasteiger partial charge in [-0.2, -0.15) is 4.98 Å². The zero-order valence-corrected chi connectivity index (χ0v) is 12.7. The van der Waals surface area contributed by atoms with E-state index in [0.29, 0.717) is 6.04 Å². The molecule has 108 valence electrons. The van der Waals surface area contributed by atoms with Crippen LogP contribution in [-0.2, 0) is 6.54 Å². The molecule has 1 aromatic rings. The van der Waals surface area contributed by atoms with Crippen LogP contribution in [0, 0.1) is 0 Å². The van der Waals surface area contributed by atoms with Gasteiger partial charge >= 0.3 is 0 Å². The van der Waals surface area contributed by atoms with Crippen molar-refractivity contribution < 1.29 is 9.84 Å². The van der Waals surface area contributed by atoms with E-state index in [2.05, 4.69) is 10.3 Å². The van der Waals surface area contributed by atoms with Crippen LogP contribution in [0.4, 0.5) is 5.13 Å². The van der Waals surface area contributed by atoms with E-state index in [9.17, 15) is 5.11 Å². The maximum atomic E-state index is 9.50. The Balaban J connectivity index is 1.91. The Hall–Kier alpha value is -0.850. The summed E-state index contributed by atoms with van der Waals surface area (Å²) in [6, 6.07) is 0.498. The standard InChI is InChI=1S/C13H23N3O2S/c1-16(2)13-15-12(18-3)11(19-13)8-14-9-4-6-10(17)7-5-9/h9-10,14,17H,4-8H2,1-3H3. The summed E-state index contributed by atoms with van der Waals surface area (Å²) in [7, 11) is 5.63. The van der Waals surface area contributed by atoms with Crippen molar-refractivity contribution in [1.29, 1.82) is 0 Å². The van der Waals surface area contributed by atoms with Crippen LogP contribution in [0.1, 0.15) is 30.6 Å². The number of anilines is 1. The Morgan fingerprint density at radius 3 is 2.63 bits per heavy atom. The number of nitrogens with zero attached hydrogens (tertiary/aromatic N) is 2. The van der Waals surface area contributed by atoms with Crippen molar-refractivity contribution in [2.24, 2.45) is 0 Å². The number of methoxy groups -OCH3 is 1. The Labute approximate surface area is 118 Å². The van der Waals surface area contributed by atoms with Gasteiger partial charge in [0.15, 0.2) is 5.13 Å². The van der Waals surface area contributed by atoms with Crippen molar-refractivity contribution in [2.45, 2.75) is 44.4 Å². The number of hydrogen-bond acceptors (Lipinski definition) is 6. The molecule has 1 aromatic heterocycles. The van der Waals surface area contributed by atoms with Crippen LogP contribution in [0.2, 0.25) is 0 Å². The molecule has 1 aliphatic carbocycles. The van der Waals surface area contributed by atoms with Gasteiger partial charge in [0.05, 0.1) is 18.1 Å². The second kappa shape index (κ2) is 6.54. The zero-order chi connectivity index (χ0) is 13.8. The average molecular weight is 285 g/mol. The lowest BCUT2D eigenvalue weighted by molar-refractivity contribution is 0.116. The molecule has 5 nitrogen and oxygen atoms in total. The maximum absolute atomic E-state index is 9.50. The number of rotatable bonds is 5. The summed E-state index contributed by atoms with van der Waals surface area (Å²) in [6.45, 7) is 0.787. The van der Waals surface area contributed by atoms with Crippen LogP contribution in [-0.4, -0.2) is 43.4 Å². The molecule has 0 aromatic carbocycles. The van der Waals surface area contributed by atoms with Crippen molar-refractivity contribution >= 4 is 16.5 Å². The number of thiazole rings is 1. The van der Waals surface area contributed by atoms with E-state index in [4.69, 9.17) is 4.74 Å². The van der Waals surface area contributed by atoms with Gasteiger partial charge in [-0.25, -0.2) is 0 Å². The Morgan fingerprint density at radius 2 is 2.05 bits per heavy atom. The monoisotopic (exact) mass is 285 g/mol. The highest BCUT2D eigenvalue weighted by atomic mass is 32.1. The number of hydrogen-bond donors (Lipinski definition) is 2. The molecule has 0 aliphatic heterocycles. The quantitative estimate of drug-likeness (QED) is 0.861. The third kappa shape index (κ3) is 3.81. The molecule has 0 amide bonds. The highest BCUT2D eigenvalue weighted by Crippen LogP contribution is 2.30. The molecular weight excluding hydrogens is 262 g/mol. The normalized spacial score (nSPS) is 23.4. The summed E-state index contributed by atoms with van der Waals surface area (Å²) in [6.07, 6.45) is 3.79. The van der Waals surface area contributed by atoms with Gasteiger partial charge in [-0.05, 0) is 25.7 Å². The highest BCUT2D eigenvalue weighted by Gasteiger charge is 2.20. The number of aromatic nitrogens is 1. The molecule has 1 aliphatic rings. The number of aliphatic hydroxyl groups excluding tert-OH is 1. The summed E-state index contributed by atoms with van der Waals surface area (Å²) in [5.41, 5.74) is 0. The molecule has 0 bridgehead atoms. The highest BCUT2D eigenvalue weighted by molar-refractivity contribution is 7.15. The molecule has 2 N–H and O–H groups in total. The lowest BCUT2D eigenvalue weighted by Crippen LogP contribution is -2.34. The average Bonchev–Trinajstić information content (AvgIpc) is 2.81. The fourth-order valence-electron chi connectivity index (χ4n) is 2.31. The molecule has 0 atom stereocenters. The summed E-state index contributed by atoms with van der Waals surface area (Å²) in [5.74, 6) is 0.719. The van der Waals surface area contributed by atoms with E-state index >= 15 is 0 Å². The predicted molar refractivity (Wildman–Crippen MR) is 78.1 cm³/mol. The van der Waals surface area contributed by atoms with Gasteiger partial charge in [-0.3, -0.25) is 0 Å². The molecule has 6 heteroatoms. The van der Waals surface area contributed by atoms with Crippen LogP contribution in [0.15, 0.2) is 0 Å². The van der Waals surface area contributed by atoms with Crippen molar-refractivity contribution in [3.63, 3.8) is 0 Å². The van der Waals surface area contributed by atoms with Crippen LogP contribution in [0.3, 0.4) is 0 Å². The van der Waals surface area contributed by atoms with Crippen molar-refractivity contribution in [1.82, 2.24) is 10.3 Å². The first kappa shape index (κ1) is 14.6. The van der Waals surface area contributed by atoms with E-state index in [1.807, 2.05) is 19.0 Å². The molecule has 2 rings (SSSR count). The first-order chi connectivity index (χ1) is 9.10. The van der Waals surface area contributed by atoms with Gasteiger partial charge in [0.25, 0.3) is 0 Å². The second-order valence-corrected chi connectivity index (χ2v) is 6.27. The van der Waals surface area contributed by atoms with E-state index < -0.39 is 0 Å². The largest absolute Gasteiger partial charge is 0.480 e. The zero-order valence-electron chi connectivity index (χ0n) is 11.8. The molecule has 0 spiro atoms. The van der Waals surface area contributed by atoms with Gasteiger partial charge in [0.2, 0.25) is 5.88 Å². The lowest BCUT2D eigenvalue weighted by atomic mass is 9.93. The van der Waals surface area contributed by atoms with Gasteiger partial charge in [0.1, 0.15) is 0 Å². The van der Waals surface area contributed by atoms with Crippen molar-refractivity contribution in [3.05, 3.63) is 4.88 Å². The summed E-state index contributed by atoms with van der Waals surface area (Å²) >= 11 is 1.66. The molecule has 0 saturated heterocycles. The third-order valence-electron chi connectivity index (χ3n) is 3.47. The molecule has 0 unspecified atom stereocenters. The van der Waals surface area contributed by atoms with Crippen molar-refractivity contribution in [3.8, 4) is 5.88 Å². The molecule has 19 heavy (non-hydrogen) atoms. The van der Waals surface area contributed by atoms with Crippen molar-refractivity contribution in [2.75, 3.05) is 26.1 Å². The molecule has 1 saturated carbocycles. The smallest absolute Gasteiger partial charge is 0.230 e.